The standard InChI is InChI=1S/C44H51F3N8O5/c1-43(2,60)31-22-33-27(21-34(31)49-40(57)32-8-6-10-37(48-32)44(45,46)47)24-54(51-33)29-15-11-25(12-16-29)23-52(3)28-17-13-26(14-18-28)30-7-5-9-35-39(30)53(4)42(59)55(35)36-19-20-38(56)50-41(36)58/h5-10,21-22,24-26,28-29,36,60H,11-20,23H2,1-4H3,(H,49,57)(H,50,56,58). The number of amides is 3. The summed E-state index contributed by atoms with van der Waals surface area (Å²) in [5.41, 5.74) is 0.840. The Kier molecular flexibility index (Phi) is 11.0. The Morgan fingerprint density at radius 1 is 0.967 bits per heavy atom. The van der Waals surface area contributed by atoms with Crippen LogP contribution in [0.1, 0.15) is 123 Å². The molecule has 13 nitrogen and oxygen atoms in total. The number of pyridine rings is 1. The third kappa shape index (κ3) is 8.10. The number of rotatable bonds is 9. The molecule has 1 saturated heterocycles. The van der Waals surface area contributed by atoms with Crippen molar-refractivity contribution < 1.29 is 32.7 Å². The lowest BCUT2D eigenvalue weighted by Gasteiger charge is -2.38. The van der Waals surface area contributed by atoms with Crippen molar-refractivity contribution in [2.24, 2.45) is 13.0 Å². The minimum Gasteiger partial charge on any atom is -0.386 e. The lowest BCUT2D eigenvalue weighted by atomic mass is 9.80. The number of aryl methyl sites for hydroxylation is 1. The van der Waals surface area contributed by atoms with Gasteiger partial charge in [0.05, 0.1) is 28.2 Å². The largest absolute Gasteiger partial charge is 0.433 e. The van der Waals surface area contributed by atoms with E-state index in [0.29, 0.717) is 35.4 Å². The number of imide groups is 1. The first-order chi connectivity index (χ1) is 28.5. The number of nitrogens with zero attached hydrogens (tertiary/aromatic N) is 6. The molecular weight excluding hydrogens is 778 g/mol. The zero-order chi connectivity index (χ0) is 42.7. The topological polar surface area (TPSA) is 156 Å². The monoisotopic (exact) mass is 828 g/mol. The number of piperidine rings is 1. The van der Waals surface area contributed by atoms with Crippen molar-refractivity contribution in [2.75, 3.05) is 18.9 Å². The molecule has 0 spiro atoms. The van der Waals surface area contributed by atoms with Crippen LogP contribution >= 0.6 is 0 Å². The third-order valence-corrected chi connectivity index (χ3v) is 13.0. The smallest absolute Gasteiger partial charge is 0.386 e. The van der Waals surface area contributed by atoms with Crippen molar-refractivity contribution in [3.63, 3.8) is 0 Å². The molecule has 3 N–H and O–H groups in total. The van der Waals surface area contributed by atoms with Gasteiger partial charge in [0.1, 0.15) is 17.4 Å². The Morgan fingerprint density at radius 2 is 1.68 bits per heavy atom. The Morgan fingerprint density at radius 3 is 2.37 bits per heavy atom. The van der Waals surface area contributed by atoms with Gasteiger partial charge in [0.15, 0.2) is 0 Å². The summed E-state index contributed by atoms with van der Waals surface area (Å²) in [6, 6.07) is 12.5. The van der Waals surface area contributed by atoms with Crippen molar-refractivity contribution in [2.45, 2.75) is 114 Å². The average Bonchev–Trinajstić information content (AvgIpc) is 3.74. The summed E-state index contributed by atoms with van der Waals surface area (Å²) < 4.78 is 45.0. The number of carbonyl (C=O) groups is 3. The molecule has 1 atom stereocenters. The molecule has 60 heavy (non-hydrogen) atoms. The maximum absolute atomic E-state index is 13.5. The van der Waals surface area contributed by atoms with Crippen molar-refractivity contribution in [3.8, 4) is 0 Å². The van der Waals surface area contributed by atoms with Crippen LogP contribution in [0.15, 0.2) is 59.5 Å². The second-order valence-electron chi connectivity index (χ2n) is 17.5. The van der Waals surface area contributed by atoms with Gasteiger partial charge in [-0.15, -0.1) is 0 Å². The van der Waals surface area contributed by atoms with E-state index >= 15 is 0 Å². The first-order valence-electron chi connectivity index (χ1n) is 20.8. The molecule has 1 unspecified atom stereocenters. The number of hydrogen-bond donors (Lipinski definition) is 3. The lowest BCUT2D eigenvalue weighted by Crippen LogP contribution is -2.44. The minimum absolute atomic E-state index is 0.177. The van der Waals surface area contributed by atoms with Gasteiger partial charge in [-0.05, 0) is 126 Å². The zero-order valence-electron chi connectivity index (χ0n) is 34.3. The summed E-state index contributed by atoms with van der Waals surface area (Å²) in [5.74, 6) is -0.729. The summed E-state index contributed by atoms with van der Waals surface area (Å²) in [4.78, 5) is 57.1. The molecule has 8 rings (SSSR count). The number of imidazole rings is 1. The predicted molar refractivity (Wildman–Crippen MR) is 219 cm³/mol. The van der Waals surface area contributed by atoms with Crippen LogP contribution in [0.3, 0.4) is 0 Å². The Bertz CT molecular complexity index is 2520. The van der Waals surface area contributed by atoms with Crippen LogP contribution in [-0.2, 0) is 28.4 Å². The molecule has 2 aliphatic carbocycles. The van der Waals surface area contributed by atoms with Gasteiger partial charge < -0.3 is 15.3 Å². The molecule has 0 bridgehead atoms. The molecule has 3 aromatic heterocycles. The fourth-order valence-corrected chi connectivity index (χ4v) is 9.80. The Labute approximate surface area is 344 Å². The summed E-state index contributed by atoms with van der Waals surface area (Å²) in [5, 5.41) is 21.7. The van der Waals surface area contributed by atoms with Crippen LogP contribution in [0.25, 0.3) is 21.9 Å². The predicted octanol–water partition coefficient (Wildman–Crippen LogP) is 6.95. The van der Waals surface area contributed by atoms with Gasteiger partial charge in [-0.25, -0.2) is 9.78 Å². The van der Waals surface area contributed by atoms with E-state index < -0.39 is 35.3 Å². The van der Waals surface area contributed by atoms with Gasteiger partial charge in [0.2, 0.25) is 11.8 Å². The Balaban J connectivity index is 0.885. The van der Waals surface area contributed by atoms with E-state index in [1.807, 2.05) is 23.0 Å². The molecule has 16 heteroatoms. The van der Waals surface area contributed by atoms with Crippen LogP contribution in [0.2, 0.25) is 0 Å². The van der Waals surface area contributed by atoms with Gasteiger partial charge in [-0.2, -0.15) is 18.3 Å². The number of carbonyl (C=O) groups excluding carboxylic acids is 3. The van der Waals surface area contributed by atoms with E-state index in [-0.39, 0.29) is 35.4 Å². The van der Waals surface area contributed by atoms with Crippen molar-refractivity contribution in [1.29, 1.82) is 0 Å². The van der Waals surface area contributed by atoms with Gasteiger partial charge in [-0.1, -0.05) is 18.2 Å². The maximum Gasteiger partial charge on any atom is 0.433 e. The number of nitrogens with one attached hydrogen (secondary N) is 2. The van der Waals surface area contributed by atoms with Gasteiger partial charge >= 0.3 is 11.9 Å². The summed E-state index contributed by atoms with van der Waals surface area (Å²) in [7, 11) is 3.99. The van der Waals surface area contributed by atoms with Crippen LogP contribution in [0.4, 0.5) is 18.9 Å². The molecule has 2 aromatic carbocycles. The van der Waals surface area contributed by atoms with Crippen LogP contribution < -0.4 is 16.3 Å². The number of aromatic nitrogens is 5. The van der Waals surface area contributed by atoms with Gasteiger partial charge in [0, 0.05) is 48.9 Å². The average molecular weight is 829 g/mol. The Hall–Kier alpha value is -5.35. The quantitative estimate of drug-likeness (QED) is 0.135. The number of aliphatic hydroxyl groups is 1. The number of benzene rings is 2. The van der Waals surface area contributed by atoms with E-state index in [2.05, 4.69) is 33.6 Å². The lowest BCUT2D eigenvalue weighted by molar-refractivity contribution is -0.141. The van der Waals surface area contributed by atoms with Crippen molar-refractivity contribution in [3.05, 3.63) is 87.7 Å². The third-order valence-electron chi connectivity index (χ3n) is 13.0. The fraction of sp³-hybridized carbons (Fsp3) is 0.500. The van der Waals surface area contributed by atoms with Crippen molar-refractivity contribution >= 4 is 45.3 Å². The first kappa shape index (κ1) is 41.4. The highest BCUT2D eigenvalue weighted by Gasteiger charge is 2.35. The number of para-hydroxylation sites is 1. The SMILES string of the molecule is CN(CC1CCC(n2cc3cc(NC(=O)c4cccc(C(F)(F)F)n4)c(C(C)(C)O)cc3n2)CC1)C1CCC(c2cccc3c2n(C)c(=O)n3C2CCC(=O)NC2=O)CC1. The highest BCUT2D eigenvalue weighted by molar-refractivity contribution is 6.04. The normalized spacial score (nSPS) is 23.1. The highest BCUT2D eigenvalue weighted by Crippen LogP contribution is 2.40. The van der Waals surface area contributed by atoms with E-state index in [1.165, 1.54) is 6.07 Å². The molecular formula is C44H51F3N8O5. The van der Waals surface area contributed by atoms with Gasteiger partial charge in [0.25, 0.3) is 5.91 Å². The second-order valence-corrected chi connectivity index (χ2v) is 17.5. The molecule has 3 fully saturated rings. The van der Waals surface area contributed by atoms with Gasteiger partial charge in [-0.3, -0.25) is 33.5 Å². The van der Waals surface area contributed by atoms with Crippen molar-refractivity contribution in [1.82, 2.24) is 34.1 Å². The minimum atomic E-state index is -4.70. The molecule has 3 aliphatic rings. The zero-order valence-corrected chi connectivity index (χ0v) is 34.3. The molecule has 5 aromatic rings. The highest BCUT2D eigenvalue weighted by atomic mass is 19.4. The summed E-state index contributed by atoms with van der Waals surface area (Å²) in [6.45, 7) is 4.15. The van der Waals surface area contributed by atoms with E-state index in [9.17, 15) is 37.5 Å². The number of fused-ring (bicyclic) bond motifs is 2. The second kappa shape index (κ2) is 15.9. The summed E-state index contributed by atoms with van der Waals surface area (Å²) in [6.07, 6.45) is 5.79. The molecule has 318 valence electrons. The number of hydrogen-bond acceptors (Lipinski definition) is 8. The molecule has 1 aliphatic heterocycles. The van der Waals surface area contributed by atoms with E-state index in [1.54, 1.807) is 42.2 Å². The number of alkyl halides is 3. The first-order valence-corrected chi connectivity index (χ1v) is 20.8. The van der Waals surface area contributed by atoms with E-state index in [4.69, 9.17) is 5.10 Å². The molecule has 3 amide bonds. The molecule has 2 saturated carbocycles. The van der Waals surface area contributed by atoms with Crippen LogP contribution in [-0.4, -0.2) is 71.3 Å². The number of halogens is 3. The van der Waals surface area contributed by atoms with Crippen LogP contribution in [0.5, 0.6) is 0 Å². The maximum atomic E-state index is 13.5. The fourth-order valence-electron chi connectivity index (χ4n) is 9.80. The molecule has 0 radical (unpaired) electrons. The van der Waals surface area contributed by atoms with Crippen LogP contribution in [0, 0.1) is 5.92 Å². The number of anilines is 1. The summed E-state index contributed by atoms with van der Waals surface area (Å²) >= 11 is 0. The molecule has 4 heterocycles. The van der Waals surface area contributed by atoms with E-state index in [0.717, 1.165) is 92.0 Å².